The Bertz CT molecular complexity index is 479. The third-order valence-electron chi connectivity index (χ3n) is 2.18. The zero-order valence-corrected chi connectivity index (χ0v) is 9.38. The Morgan fingerprint density at radius 1 is 1.53 bits per heavy atom. The number of carbonyl (C=O) groups is 1. The van der Waals surface area contributed by atoms with E-state index in [0.29, 0.717) is 10.5 Å². The molecule has 15 heavy (non-hydrogen) atoms. The van der Waals surface area contributed by atoms with Crippen LogP contribution in [0, 0.1) is 4.78 Å². The van der Waals surface area contributed by atoms with Crippen LogP contribution in [0.3, 0.4) is 0 Å². The highest BCUT2D eigenvalue weighted by atomic mass is 32.2. The van der Waals surface area contributed by atoms with E-state index in [1.54, 1.807) is 25.1 Å². The van der Waals surface area contributed by atoms with Crippen LogP contribution in [0.5, 0.6) is 0 Å². The van der Waals surface area contributed by atoms with Crippen LogP contribution in [0.1, 0.15) is 18.4 Å². The van der Waals surface area contributed by atoms with E-state index in [1.165, 1.54) is 12.3 Å². The van der Waals surface area contributed by atoms with Gasteiger partial charge in [-0.1, -0.05) is 12.1 Å². The molecule has 0 spiro atoms. The molecule has 0 amide bonds. The molecular formula is C10H13NO3S. The SMILES string of the molecule is CC(C(=O)O)c1cccc(S(C)(=N)=O)c1. The monoisotopic (exact) mass is 227 g/mol. The molecule has 4 nitrogen and oxygen atoms in total. The first-order chi connectivity index (χ1) is 6.82. The van der Waals surface area contributed by atoms with E-state index in [9.17, 15) is 9.00 Å². The summed E-state index contributed by atoms with van der Waals surface area (Å²) in [6.45, 7) is 1.56. The van der Waals surface area contributed by atoms with Crippen LogP contribution in [0.15, 0.2) is 29.2 Å². The van der Waals surface area contributed by atoms with Crippen LogP contribution in [-0.2, 0) is 14.5 Å². The number of aliphatic carboxylic acids is 1. The second kappa shape index (κ2) is 4.02. The van der Waals surface area contributed by atoms with Crippen molar-refractivity contribution in [2.75, 3.05) is 6.26 Å². The van der Waals surface area contributed by atoms with Crippen LogP contribution in [0.25, 0.3) is 0 Å². The number of hydrogen-bond acceptors (Lipinski definition) is 3. The average Bonchev–Trinajstić information content (AvgIpc) is 2.15. The quantitative estimate of drug-likeness (QED) is 0.827. The largest absolute Gasteiger partial charge is 0.481 e. The summed E-state index contributed by atoms with van der Waals surface area (Å²) in [6.07, 6.45) is 1.32. The highest BCUT2D eigenvalue weighted by molar-refractivity contribution is 7.91. The van der Waals surface area contributed by atoms with E-state index < -0.39 is 21.6 Å². The molecule has 0 aliphatic carbocycles. The Morgan fingerprint density at radius 2 is 2.13 bits per heavy atom. The minimum Gasteiger partial charge on any atom is -0.481 e. The lowest BCUT2D eigenvalue weighted by Crippen LogP contribution is -2.08. The Balaban J connectivity index is 3.20. The van der Waals surface area contributed by atoms with Gasteiger partial charge in [-0.25, -0.2) is 8.99 Å². The standard InChI is InChI=1S/C10H13NO3S/c1-7(10(12)13)8-4-3-5-9(6-8)15(2,11)14/h3-7,11H,1-2H3,(H,12,13). The van der Waals surface area contributed by atoms with E-state index >= 15 is 0 Å². The van der Waals surface area contributed by atoms with Crippen LogP contribution >= 0.6 is 0 Å². The molecule has 0 radical (unpaired) electrons. The Morgan fingerprint density at radius 3 is 2.60 bits per heavy atom. The summed E-state index contributed by atoms with van der Waals surface area (Å²) in [7, 11) is -2.78. The van der Waals surface area contributed by atoms with Crippen LogP contribution < -0.4 is 0 Å². The lowest BCUT2D eigenvalue weighted by molar-refractivity contribution is -0.138. The van der Waals surface area contributed by atoms with Crippen molar-refractivity contribution in [2.45, 2.75) is 17.7 Å². The van der Waals surface area contributed by atoms with Crippen molar-refractivity contribution in [2.24, 2.45) is 0 Å². The zero-order valence-electron chi connectivity index (χ0n) is 8.56. The van der Waals surface area contributed by atoms with Gasteiger partial charge in [0, 0.05) is 11.2 Å². The molecule has 5 heteroatoms. The Kier molecular flexibility index (Phi) is 3.14. The van der Waals surface area contributed by atoms with Gasteiger partial charge >= 0.3 is 5.97 Å². The molecule has 2 N–H and O–H groups in total. The molecule has 1 aromatic carbocycles. The van der Waals surface area contributed by atoms with Gasteiger partial charge in [0.15, 0.2) is 0 Å². The maximum absolute atomic E-state index is 11.5. The highest BCUT2D eigenvalue weighted by Crippen LogP contribution is 2.19. The summed E-state index contributed by atoms with van der Waals surface area (Å²) in [5.41, 5.74) is 0.571. The zero-order chi connectivity index (χ0) is 11.6. The third-order valence-corrected chi connectivity index (χ3v) is 3.33. The van der Waals surface area contributed by atoms with E-state index in [0.717, 1.165) is 0 Å². The summed E-state index contributed by atoms with van der Waals surface area (Å²) in [5, 5.41) is 8.81. The second-order valence-corrected chi connectivity index (χ2v) is 5.63. The topological polar surface area (TPSA) is 78.2 Å². The van der Waals surface area contributed by atoms with Crippen LogP contribution in [0.4, 0.5) is 0 Å². The number of hydrogen-bond donors (Lipinski definition) is 2. The van der Waals surface area contributed by atoms with Gasteiger partial charge in [-0.05, 0) is 24.6 Å². The molecule has 1 rings (SSSR count). The number of benzene rings is 1. The minimum absolute atomic E-state index is 0.369. The van der Waals surface area contributed by atoms with Gasteiger partial charge in [-0.3, -0.25) is 4.79 Å². The van der Waals surface area contributed by atoms with E-state index in [2.05, 4.69) is 0 Å². The van der Waals surface area contributed by atoms with Crippen molar-refractivity contribution in [3.05, 3.63) is 29.8 Å². The normalized spacial score (nSPS) is 16.7. The summed E-state index contributed by atoms with van der Waals surface area (Å²) in [4.78, 5) is 11.1. The molecule has 0 aliphatic rings. The minimum atomic E-state index is -2.78. The first kappa shape index (κ1) is 11.7. The molecule has 0 saturated carbocycles. The molecule has 82 valence electrons. The molecule has 0 bridgehead atoms. The van der Waals surface area contributed by atoms with Gasteiger partial charge in [-0.2, -0.15) is 0 Å². The Hall–Kier alpha value is -1.36. The van der Waals surface area contributed by atoms with Gasteiger partial charge in [0.2, 0.25) is 0 Å². The number of rotatable bonds is 3. The fourth-order valence-electron chi connectivity index (χ4n) is 1.17. The lowest BCUT2D eigenvalue weighted by Gasteiger charge is -2.08. The van der Waals surface area contributed by atoms with Crippen molar-refractivity contribution < 1.29 is 14.1 Å². The molecule has 0 aliphatic heterocycles. The molecular weight excluding hydrogens is 214 g/mol. The van der Waals surface area contributed by atoms with Gasteiger partial charge in [-0.15, -0.1) is 0 Å². The van der Waals surface area contributed by atoms with Crippen molar-refractivity contribution >= 4 is 15.7 Å². The maximum atomic E-state index is 11.5. The van der Waals surface area contributed by atoms with Gasteiger partial charge in [0.25, 0.3) is 0 Å². The summed E-state index contributed by atoms with van der Waals surface area (Å²) < 4.78 is 18.9. The maximum Gasteiger partial charge on any atom is 0.310 e. The molecule has 0 fully saturated rings. The fourth-order valence-corrected chi connectivity index (χ4v) is 1.87. The predicted octanol–water partition coefficient (Wildman–Crippen LogP) is 1.91. The lowest BCUT2D eigenvalue weighted by atomic mass is 10.0. The second-order valence-electron chi connectivity index (χ2n) is 3.48. The van der Waals surface area contributed by atoms with E-state index in [1.807, 2.05) is 0 Å². The fraction of sp³-hybridized carbons (Fsp3) is 0.300. The van der Waals surface area contributed by atoms with Crippen LogP contribution in [0.2, 0.25) is 0 Å². The van der Waals surface area contributed by atoms with Gasteiger partial charge in [0.05, 0.1) is 15.6 Å². The van der Waals surface area contributed by atoms with E-state index in [-0.39, 0.29) is 0 Å². The van der Waals surface area contributed by atoms with Crippen molar-refractivity contribution in [1.29, 1.82) is 4.78 Å². The first-order valence-electron chi connectivity index (χ1n) is 4.39. The molecule has 0 heterocycles. The van der Waals surface area contributed by atoms with Crippen molar-refractivity contribution in [1.82, 2.24) is 0 Å². The summed E-state index contributed by atoms with van der Waals surface area (Å²) >= 11 is 0. The molecule has 2 atom stereocenters. The number of nitrogens with one attached hydrogen (secondary N) is 1. The smallest absolute Gasteiger partial charge is 0.310 e. The summed E-state index contributed by atoms with van der Waals surface area (Å²) in [5.74, 6) is -1.58. The van der Waals surface area contributed by atoms with Gasteiger partial charge < -0.3 is 5.11 Å². The highest BCUT2D eigenvalue weighted by Gasteiger charge is 2.14. The predicted molar refractivity (Wildman–Crippen MR) is 57.5 cm³/mol. The molecule has 0 aromatic heterocycles. The average molecular weight is 227 g/mol. The van der Waals surface area contributed by atoms with Crippen molar-refractivity contribution in [3.8, 4) is 0 Å². The van der Waals surface area contributed by atoms with Crippen molar-refractivity contribution in [3.63, 3.8) is 0 Å². The number of carboxylic acid groups (broad SMARTS) is 1. The Labute approximate surface area is 88.9 Å². The summed E-state index contributed by atoms with van der Waals surface area (Å²) in [6, 6.07) is 6.39. The van der Waals surface area contributed by atoms with Gasteiger partial charge in [0.1, 0.15) is 0 Å². The molecule has 0 saturated heterocycles. The first-order valence-corrected chi connectivity index (χ1v) is 6.35. The third kappa shape index (κ3) is 2.79. The number of carboxylic acids is 1. The molecule has 2 unspecified atom stereocenters. The molecule has 1 aromatic rings. The van der Waals surface area contributed by atoms with Crippen LogP contribution in [-0.4, -0.2) is 21.5 Å². The van der Waals surface area contributed by atoms with E-state index in [4.69, 9.17) is 9.89 Å².